The summed E-state index contributed by atoms with van der Waals surface area (Å²) >= 11 is 3.58. The molecule has 0 saturated heterocycles. The average molecular weight is 310 g/mol. The second-order valence-electron chi connectivity index (χ2n) is 5.91. The van der Waals surface area contributed by atoms with E-state index in [1.54, 1.807) is 0 Å². The van der Waals surface area contributed by atoms with Gasteiger partial charge in [-0.3, -0.25) is 0 Å². The summed E-state index contributed by atoms with van der Waals surface area (Å²) < 4.78 is 1.20. The molecule has 1 aliphatic rings. The van der Waals surface area contributed by atoms with Gasteiger partial charge >= 0.3 is 0 Å². The Bertz CT molecular complexity index is 365. The minimum Gasteiger partial charge on any atom is -0.313 e. The van der Waals surface area contributed by atoms with Crippen molar-refractivity contribution < 1.29 is 0 Å². The lowest BCUT2D eigenvalue weighted by Gasteiger charge is -2.19. The third-order valence-corrected chi connectivity index (χ3v) is 4.14. The topological polar surface area (TPSA) is 12.0 Å². The lowest BCUT2D eigenvalue weighted by molar-refractivity contribution is 0.475. The van der Waals surface area contributed by atoms with E-state index in [9.17, 15) is 0 Å². The van der Waals surface area contributed by atoms with E-state index in [0.717, 1.165) is 18.5 Å². The summed E-state index contributed by atoms with van der Waals surface area (Å²) in [5.74, 6) is 1.45. The fraction of sp³-hybridized carbons (Fsp3) is 0.625. The Morgan fingerprint density at radius 2 is 2.06 bits per heavy atom. The molecule has 1 fully saturated rings. The van der Waals surface area contributed by atoms with Crippen LogP contribution in [-0.2, 0) is 0 Å². The molecular formula is C16H24BrN. The maximum Gasteiger partial charge on any atom is 0.0178 e. The van der Waals surface area contributed by atoms with Crippen molar-refractivity contribution >= 4 is 15.9 Å². The van der Waals surface area contributed by atoms with Gasteiger partial charge in [-0.2, -0.15) is 0 Å². The highest BCUT2D eigenvalue weighted by Crippen LogP contribution is 2.27. The summed E-state index contributed by atoms with van der Waals surface area (Å²) in [6.45, 7) is 5.76. The molecule has 100 valence electrons. The van der Waals surface area contributed by atoms with Gasteiger partial charge in [0.25, 0.3) is 0 Å². The molecule has 1 N–H and O–H groups in total. The summed E-state index contributed by atoms with van der Waals surface area (Å²) in [7, 11) is 0. The lowest BCUT2D eigenvalue weighted by Crippen LogP contribution is -2.23. The molecule has 0 amide bonds. The van der Waals surface area contributed by atoms with Crippen molar-refractivity contribution in [1.82, 2.24) is 5.32 Å². The molecule has 0 aromatic heterocycles. The van der Waals surface area contributed by atoms with Gasteiger partial charge in [-0.15, -0.1) is 0 Å². The van der Waals surface area contributed by atoms with Crippen LogP contribution in [0.5, 0.6) is 0 Å². The van der Waals surface area contributed by atoms with Crippen molar-refractivity contribution in [1.29, 1.82) is 0 Å². The Morgan fingerprint density at radius 3 is 2.67 bits per heavy atom. The number of halogens is 1. The maximum absolute atomic E-state index is 3.68. The van der Waals surface area contributed by atoms with Crippen LogP contribution in [-0.4, -0.2) is 12.6 Å². The molecule has 1 unspecified atom stereocenters. The zero-order chi connectivity index (χ0) is 13.0. The summed E-state index contributed by atoms with van der Waals surface area (Å²) in [6, 6.07) is 9.61. The second kappa shape index (κ2) is 6.72. The normalized spacial score (nSPS) is 17.1. The van der Waals surface area contributed by atoms with E-state index >= 15 is 0 Å². The fourth-order valence-corrected chi connectivity index (χ4v) is 2.69. The summed E-state index contributed by atoms with van der Waals surface area (Å²) in [6.07, 6.45) is 5.34. The number of hydrogen-bond acceptors (Lipinski definition) is 1. The smallest absolute Gasteiger partial charge is 0.0178 e. The Labute approximate surface area is 119 Å². The Kier molecular flexibility index (Phi) is 5.25. The van der Waals surface area contributed by atoms with Gasteiger partial charge in [0.05, 0.1) is 0 Å². The van der Waals surface area contributed by atoms with Crippen LogP contribution in [0.3, 0.4) is 0 Å². The van der Waals surface area contributed by atoms with E-state index in [1.807, 2.05) is 0 Å². The molecule has 2 heteroatoms. The van der Waals surface area contributed by atoms with Crippen molar-refractivity contribution in [3.05, 3.63) is 34.3 Å². The van der Waals surface area contributed by atoms with Crippen molar-refractivity contribution in [2.75, 3.05) is 6.54 Å². The maximum atomic E-state index is 3.68. The highest BCUT2D eigenvalue weighted by Gasteiger charge is 2.22. The number of benzene rings is 1. The van der Waals surface area contributed by atoms with Crippen molar-refractivity contribution in [3.8, 4) is 0 Å². The monoisotopic (exact) mass is 309 g/mol. The van der Waals surface area contributed by atoms with Crippen LogP contribution in [0.15, 0.2) is 28.7 Å². The first-order valence-electron chi connectivity index (χ1n) is 7.14. The minimum absolute atomic E-state index is 0.658. The van der Waals surface area contributed by atoms with Crippen LogP contribution < -0.4 is 5.32 Å². The van der Waals surface area contributed by atoms with Gasteiger partial charge in [0.2, 0.25) is 0 Å². The van der Waals surface area contributed by atoms with Crippen LogP contribution in [0.4, 0.5) is 0 Å². The third kappa shape index (κ3) is 4.74. The first-order chi connectivity index (χ1) is 8.65. The Morgan fingerprint density at radius 1 is 1.28 bits per heavy atom. The summed E-state index contributed by atoms with van der Waals surface area (Å²) in [5, 5.41) is 3.68. The van der Waals surface area contributed by atoms with Gasteiger partial charge in [0.1, 0.15) is 0 Å². The highest BCUT2D eigenvalue weighted by molar-refractivity contribution is 9.10. The van der Waals surface area contributed by atoms with Gasteiger partial charge < -0.3 is 5.32 Å². The molecule has 0 spiro atoms. The summed E-state index contributed by atoms with van der Waals surface area (Å²) in [4.78, 5) is 0. The molecule has 0 radical (unpaired) electrons. The quantitative estimate of drug-likeness (QED) is 0.768. The van der Waals surface area contributed by atoms with Crippen LogP contribution in [0.2, 0.25) is 0 Å². The predicted octanol–water partition coefficient (Wildman–Crippen LogP) is 4.72. The zero-order valence-electron chi connectivity index (χ0n) is 11.5. The summed E-state index contributed by atoms with van der Waals surface area (Å²) in [5.41, 5.74) is 1.47. The number of nitrogens with one attached hydrogen (secondary N) is 1. The molecule has 1 atom stereocenters. The molecule has 1 nitrogen and oxygen atoms in total. The molecular weight excluding hydrogens is 286 g/mol. The third-order valence-electron chi connectivity index (χ3n) is 3.64. The molecule has 18 heavy (non-hydrogen) atoms. The first-order valence-corrected chi connectivity index (χ1v) is 7.93. The van der Waals surface area contributed by atoms with Crippen LogP contribution in [0.1, 0.15) is 51.0 Å². The molecule has 1 aliphatic carbocycles. The molecule has 0 heterocycles. The standard InChI is InChI=1S/C16H24BrN/c1-12(2)6-7-14(11-18-16-8-9-16)13-4-3-5-15(17)10-13/h3-5,10,12,14,16,18H,6-9,11H2,1-2H3. The van der Waals surface area contributed by atoms with Crippen molar-refractivity contribution in [3.63, 3.8) is 0 Å². The molecule has 1 aromatic rings. The Balaban J connectivity index is 1.96. The zero-order valence-corrected chi connectivity index (χ0v) is 13.0. The number of rotatable bonds is 7. The molecule has 1 aromatic carbocycles. The van der Waals surface area contributed by atoms with Crippen molar-refractivity contribution in [2.24, 2.45) is 5.92 Å². The minimum atomic E-state index is 0.658. The van der Waals surface area contributed by atoms with Crippen LogP contribution in [0.25, 0.3) is 0 Å². The number of hydrogen-bond donors (Lipinski definition) is 1. The van der Waals surface area contributed by atoms with Gasteiger partial charge in [-0.25, -0.2) is 0 Å². The van der Waals surface area contributed by atoms with Crippen molar-refractivity contribution in [2.45, 2.75) is 51.5 Å². The second-order valence-corrected chi connectivity index (χ2v) is 6.82. The molecule has 2 rings (SSSR count). The first kappa shape index (κ1) is 14.1. The van der Waals surface area contributed by atoms with Gasteiger partial charge in [0, 0.05) is 17.1 Å². The lowest BCUT2D eigenvalue weighted by atomic mass is 9.91. The largest absolute Gasteiger partial charge is 0.313 e. The van der Waals surface area contributed by atoms with E-state index in [0.29, 0.717) is 5.92 Å². The Hall–Kier alpha value is -0.340. The van der Waals surface area contributed by atoms with Gasteiger partial charge in [0.15, 0.2) is 0 Å². The average Bonchev–Trinajstić information content (AvgIpc) is 3.12. The molecule has 0 bridgehead atoms. The predicted molar refractivity (Wildman–Crippen MR) is 82.0 cm³/mol. The highest BCUT2D eigenvalue weighted by atomic mass is 79.9. The SMILES string of the molecule is CC(C)CCC(CNC1CC1)c1cccc(Br)c1. The van der Waals surface area contributed by atoms with E-state index in [-0.39, 0.29) is 0 Å². The van der Waals surface area contributed by atoms with E-state index in [1.165, 1.54) is 35.7 Å². The van der Waals surface area contributed by atoms with Gasteiger partial charge in [-0.1, -0.05) is 48.3 Å². The van der Waals surface area contributed by atoms with E-state index < -0.39 is 0 Å². The molecule has 0 aliphatic heterocycles. The fourth-order valence-electron chi connectivity index (χ4n) is 2.28. The molecule has 1 saturated carbocycles. The van der Waals surface area contributed by atoms with E-state index in [2.05, 4.69) is 59.4 Å². The van der Waals surface area contributed by atoms with Crippen LogP contribution >= 0.6 is 15.9 Å². The van der Waals surface area contributed by atoms with E-state index in [4.69, 9.17) is 0 Å². The van der Waals surface area contributed by atoms with Crippen LogP contribution in [0, 0.1) is 5.92 Å². The van der Waals surface area contributed by atoms with Gasteiger partial charge in [-0.05, 0) is 48.8 Å².